The molecule has 2 aliphatic heterocycles. The largest absolute Gasteiger partial charge is 0.338 e. The molecule has 0 bridgehead atoms. The summed E-state index contributed by atoms with van der Waals surface area (Å²) in [5.74, 6) is -2.32. The first-order chi connectivity index (χ1) is 16.4. The highest BCUT2D eigenvalue weighted by Gasteiger charge is 2.44. The van der Waals surface area contributed by atoms with Crippen molar-refractivity contribution in [3.05, 3.63) is 70.1 Å². The normalized spacial score (nSPS) is 17.4. The highest BCUT2D eigenvalue weighted by molar-refractivity contribution is 7.08. The Bertz CT molecular complexity index is 1240. The molecule has 9 heteroatoms. The molecule has 0 atom stereocenters. The molecule has 3 aromatic rings. The Morgan fingerprint density at radius 1 is 0.941 bits per heavy atom. The standard InChI is InChI=1S/C25H24F2N4O2S/c1-16-7-8-18(26)19(20(16)27)23(32)30-12-9-25(10-13-30)11-14-31(15-25)24(33)22-21(28-29-34-22)17-5-3-2-4-6-17/h2-8H,9-15H2,1H3. The predicted octanol–water partition coefficient (Wildman–Crippen LogP) is 4.56. The fourth-order valence-corrected chi connectivity index (χ4v) is 5.63. The number of amides is 2. The van der Waals surface area contributed by atoms with Crippen molar-refractivity contribution >= 4 is 23.3 Å². The molecular weight excluding hydrogens is 458 g/mol. The molecule has 176 valence electrons. The Morgan fingerprint density at radius 2 is 1.62 bits per heavy atom. The predicted molar refractivity (Wildman–Crippen MR) is 125 cm³/mol. The first-order valence-electron chi connectivity index (χ1n) is 11.3. The fraction of sp³-hybridized carbons (Fsp3) is 0.360. The van der Waals surface area contributed by atoms with Crippen molar-refractivity contribution in [1.29, 1.82) is 0 Å². The van der Waals surface area contributed by atoms with Crippen LogP contribution >= 0.6 is 11.5 Å². The van der Waals surface area contributed by atoms with Crippen LogP contribution in [0.3, 0.4) is 0 Å². The molecule has 5 rings (SSSR count). The van der Waals surface area contributed by atoms with Gasteiger partial charge in [0.05, 0.1) is 0 Å². The van der Waals surface area contributed by atoms with E-state index in [-0.39, 0.29) is 16.9 Å². The molecule has 2 aromatic carbocycles. The zero-order valence-electron chi connectivity index (χ0n) is 18.8. The van der Waals surface area contributed by atoms with Crippen molar-refractivity contribution in [3.8, 4) is 11.3 Å². The number of carbonyl (C=O) groups is 2. The number of hydrogen-bond donors (Lipinski definition) is 0. The van der Waals surface area contributed by atoms with Gasteiger partial charge in [-0.2, -0.15) is 0 Å². The first-order valence-corrected chi connectivity index (χ1v) is 12.1. The molecule has 0 N–H and O–H groups in total. The third kappa shape index (κ3) is 3.98. The van der Waals surface area contributed by atoms with E-state index in [2.05, 4.69) is 9.59 Å². The van der Waals surface area contributed by atoms with Crippen LogP contribution in [0.4, 0.5) is 8.78 Å². The van der Waals surface area contributed by atoms with Crippen LogP contribution in [0.5, 0.6) is 0 Å². The quantitative estimate of drug-likeness (QED) is 0.549. The minimum atomic E-state index is -0.835. The van der Waals surface area contributed by atoms with Crippen LogP contribution in [-0.2, 0) is 0 Å². The number of piperidine rings is 1. The maximum absolute atomic E-state index is 14.5. The summed E-state index contributed by atoms with van der Waals surface area (Å²) in [6, 6.07) is 12.0. The molecule has 34 heavy (non-hydrogen) atoms. The van der Waals surface area contributed by atoms with Crippen molar-refractivity contribution in [1.82, 2.24) is 19.4 Å². The molecule has 0 aliphatic carbocycles. The number of nitrogens with zero attached hydrogens (tertiary/aromatic N) is 4. The molecule has 1 aromatic heterocycles. The van der Waals surface area contributed by atoms with Gasteiger partial charge in [0.25, 0.3) is 11.8 Å². The molecule has 0 radical (unpaired) electrons. The van der Waals surface area contributed by atoms with Crippen LogP contribution in [0.2, 0.25) is 0 Å². The second kappa shape index (κ2) is 8.87. The lowest BCUT2D eigenvalue weighted by Gasteiger charge is -2.39. The zero-order valence-corrected chi connectivity index (χ0v) is 19.6. The maximum atomic E-state index is 14.5. The van der Waals surface area contributed by atoms with Crippen LogP contribution < -0.4 is 0 Å². The Balaban J connectivity index is 1.26. The van der Waals surface area contributed by atoms with Gasteiger partial charge in [-0.3, -0.25) is 9.59 Å². The van der Waals surface area contributed by atoms with E-state index in [0.29, 0.717) is 49.6 Å². The number of aromatic nitrogens is 2. The van der Waals surface area contributed by atoms with E-state index >= 15 is 0 Å². The van der Waals surface area contributed by atoms with Gasteiger partial charge in [0, 0.05) is 31.7 Å². The van der Waals surface area contributed by atoms with Crippen LogP contribution in [0.25, 0.3) is 11.3 Å². The summed E-state index contributed by atoms with van der Waals surface area (Å²) in [5.41, 5.74) is 1.12. The molecule has 2 aliphatic rings. The number of hydrogen-bond acceptors (Lipinski definition) is 5. The second-order valence-corrected chi connectivity index (χ2v) is 9.89. The fourth-order valence-electron chi connectivity index (χ4n) is 4.97. The smallest absolute Gasteiger partial charge is 0.267 e. The highest BCUT2D eigenvalue weighted by Crippen LogP contribution is 2.41. The van der Waals surface area contributed by atoms with E-state index in [1.165, 1.54) is 17.9 Å². The third-order valence-corrected chi connectivity index (χ3v) is 7.78. The van der Waals surface area contributed by atoms with E-state index in [9.17, 15) is 18.4 Å². The summed E-state index contributed by atoms with van der Waals surface area (Å²) in [5, 5.41) is 4.18. The molecular formula is C25H24F2N4O2S. The van der Waals surface area contributed by atoms with Gasteiger partial charge in [0.1, 0.15) is 27.8 Å². The number of halogens is 2. The second-order valence-electron chi connectivity index (χ2n) is 9.14. The lowest BCUT2D eigenvalue weighted by Crippen LogP contribution is -2.45. The molecule has 0 saturated carbocycles. The van der Waals surface area contributed by atoms with Crippen LogP contribution in [0, 0.1) is 24.0 Å². The summed E-state index contributed by atoms with van der Waals surface area (Å²) in [4.78, 5) is 30.1. The van der Waals surface area contributed by atoms with E-state index in [1.54, 1.807) is 0 Å². The molecule has 0 unspecified atom stereocenters. The summed E-state index contributed by atoms with van der Waals surface area (Å²) in [6.45, 7) is 3.55. The summed E-state index contributed by atoms with van der Waals surface area (Å²) in [7, 11) is 0. The van der Waals surface area contributed by atoms with Gasteiger partial charge >= 0.3 is 0 Å². The maximum Gasteiger partial charge on any atom is 0.267 e. The van der Waals surface area contributed by atoms with Crippen LogP contribution in [-0.4, -0.2) is 57.4 Å². The van der Waals surface area contributed by atoms with Crippen molar-refractivity contribution in [2.75, 3.05) is 26.2 Å². The number of rotatable bonds is 3. The summed E-state index contributed by atoms with van der Waals surface area (Å²) in [6.07, 6.45) is 2.20. The molecule has 1 spiro atoms. The van der Waals surface area contributed by atoms with Crippen molar-refractivity contribution < 1.29 is 18.4 Å². The lowest BCUT2D eigenvalue weighted by atomic mass is 9.77. The number of likely N-dealkylation sites (tertiary alicyclic amines) is 2. The van der Waals surface area contributed by atoms with Gasteiger partial charge in [-0.25, -0.2) is 8.78 Å². The summed E-state index contributed by atoms with van der Waals surface area (Å²) < 4.78 is 32.7. The third-order valence-electron chi connectivity index (χ3n) is 7.06. The lowest BCUT2D eigenvalue weighted by molar-refractivity contribution is 0.0558. The van der Waals surface area contributed by atoms with Crippen molar-refractivity contribution in [2.45, 2.75) is 26.2 Å². The highest BCUT2D eigenvalue weighted by atomic mass is 32.1. The Labute approximate surface area is 200 Å². The van der Waals surface area contributed by atoms with Gasteiger partial charge in [-0.15, -0.1) is 5.10 Å². The molecule has 2 amide bonds. The summed E-state index contributed by atoms with van der Waals surface area (Å²) >= 11 is 1.10. The molecule has 3 heterocycles. The van der Waals surface area contributed by atoms with Crippen molar-refractivity contribution in [3.63, 3.8) is 0 Å². The number of benzene rings is 2. The first kappa shape index (κ1) is 22.6. The molecule has 2 fully saturated rings. The minimum absolute atomic E-state index is 0.0758. The van der Waals surface area contributed by atoms with Gasteiger partial charge in [0.15, 0.2) is 0 Å². The van der Waals surface area contributed by atoms with E-state index in [0.717, 1.165) is 29.6 Å². The average molecular weight is 483 g/mol. The minimum Gasteiger partial charge on any atom is -0.338 e. The van der Waals surface area contributed by atoms with Crippen LogP contribution in [0.15, 0.2) is 42.5 Å². The Hall–Kier alpha value is -3.20. The monoisotopic (exact) mass is 482 g/mol. The van der Waals surface area contributed by atoms with E-state index in [1.807, 2.05) is 35.2 Å². The van der Waals surface area contributed by atoms with Crippen LogP contribution in [0.1, 0.15) is 44.9 Å². The zero-order chi connectivity index (χ0) is 23.9. The van der Waals surface area contributed by atoms with Gasteiger partial charge in [-0.05, 0) is 54.8 Å². The van der Waals surface area contributed by atoms with E-state index < -0.39 is 23.1 Å². The number of carbonyl (C=O) groups excluding carboxylic acids is 2. The number of aryl methyl sites for hydroxylation is 1. The van der Waals surface area contributed by atoms with Gasteiger partial charge < -0.3 is 9.80 Å². The van der Waals surface area contributed by atoms with E-state index in [4.69, 9.17) is 0 Å². The average Bonchev–Trinajstić information content (AvgIpc) is 3.50. The molecule has 6 nitrogen and oxygen atoms in total. The SMILES string of the molecule is Cc1ccc(F)c(C(=O)N2CCC3(CCN(C(=O)c4snnc4-c4ccccc4)C3)CC2)c1F. The van der Waals surface area contributed by atoms with Gasteiger partial charge in [-0.1, -0.05) is 40.9 Å². The Kier molecular flexibility index (Phi) is 5.89. The van der Waals surface area contributed by atoms with Crippen molar-refractivity contribution in [2.24, 2.45) is 5.41 Å². The Morgan fingerprint density at radius 3 is 2.32 bits per heavy atom. The topological polar surface area (TPSA) is 66.4 Å². The van der Waals surface area contributed by atoms with Gasteiger partial charge in [0.2, 0.25) is 0 Å². The molecule has 2 saturated heterocycles.